The Morgan fingerprint density at radius 3 is 2.83 bits per heavy atom. The molecule has 3 rings (SSSR count). The molecule has 0 spiro atoms. The number of carboxylic acid groups (broad SMARTS) is 1. The van der Waals surface area contributed by atoms with E-state index in [1.54, 1.807) is 0 Å². The maximum Gasteiger partial charge on any atom is 0.320 e. The first-order valence-electron chi connectivity index (χ1n) is 7.59. The van der Waals surface area contributed by atoms with Crippen LogP contribution in [0.4, 0.5) is 0 Å². The number of benzene rings is 1. The number of hydrogen-bond donors (Lipinski definition) is 1. The van der Waals surface area contributed by atoms with Gasteiger partial charge in [-0.3, -0.25) is 9.69 Å². The van der Waals surface area contributed by atoms with E-state index in [4.69, 9.17) is 4.52 Å². The highest BCUT2D eigenvalue weighted by atomic mass is 35.5. The van der Waals surface area contributed by atoms with Crippen LogP contribution in [0.3, 0.4) is 0 Å². The van der Waals surface area contributed by atoms with Crippen molar-refractivity contribution in [3.63, 3.8) is 0 Å². The van der Waals surface area contributed by atoms with Gasteiger partial charge in [0.1, 0.15) is 6.04 Å². The minimum absolute atomic E-state index is 0. The molecule has 1 aliphatic heterocycles. The zero-order chi connectivity index (χ0) is 15.4. The van der Waals surface area contributed by atoms with Crippen molar-refractivity contribution in [3.8, 4) is 11.4 Å². The number of rotatable bonds is 5. The van der Waals surface area contributed by atoms with Gasteiger partial charge in [0, 0.05) is 18.5 Å². The molecule has 1 atom stereocenters. The van der Waals surface area contributed by atoms with Crippen LogP contribution in [0, 0.1) is 0 Å². The average molecular weight is 338 g/mol. The van der Waals surface area contributed by atoms with Crippen LogP contribution in [0.25, 0.3) is 11.4 Å². The van der Waals surface area contributed by atoms with Gasteiger partial charge < -0.3 is 9.63 Å². The minimum atomic E-state index is -0.741. The van der Waals surface area contributed by atoms with Gasteiger partial charge in [0.15, 0.2) is 0 Å². The first kappa shape index (κ1) is 17.4. The van der Waals surface area contributed by atoms with E-state index in [0.29, 0.717) is 31.1 Å². The Kier molecular flexibility index (Phi) is 6.12. The lowest BCUT2D eigenvalue weighted by Gasteiger charge is -2.32. The fourth-order valence-electron chi connectivity index (χ4n) is 2.84. The number of likely N-dealkylation sites (tertiary alicyclic amines) is 1. The summed E-state index contributed by atoms with van der Waals surface area (Å²) in [4.78, 5) is 17.7. The van der Waals surface area contributed by atoms with Gasteiger partial charge in [-0.15, -0.1) is 12.4 Å². The smallest absolute Gasteiger partial charge is 0.320 e. The van der Waals surface area contributed by atoms with Crippen LogP contribution < -0.4 is 0 Å². The first-order chi connectivity index (χ1) is 10.7. The van der Waals surface area contributed by atoms with Crippen LogP contribution in [0.15, 0.2) is 34.9 Å². The molecule has 6 nitrogen and oxygen atoms in total. The van der Waals surface area contributed by atoms with Crippen molar-refractivity contribution in [2.24, 2.45) is 0 Å². The second-order valence-corrected chi connectivity index (χ2v) is 5.51. The summed E-state index contributed by atoms with van der Waals surface area (Å²) in [6.45, 7) is 1.45. The minimum Gasteiger partial charge on any atom is -0.480 e. The molecule has 23 heavy (non-hydrogen) atoms. The van der Waals surface area contributed by atoms with E-state index < -0.39 is 5.97 Å². The number of nitrogens with zero attached hydrogens (tertiary/aromatic N) is 3. The predicted octanol–water partition coefficient (Wildman–Crippen LogP) is 2.64. The van der Waals surface area contributed by atoms with Crippen LogP contribution in [0.5, 0.6) is 0 Å². The third kappa shape index (κ3) is 4.30. The summed E-state index contributed by atoms with van der Waals surface area (Å²) in [6, 6.07) is 9.27. The van der Waals surface area contributed by atoms with Crippen LogP contribution in [0.1, 0.15) is 25.2 Å². The lowest BCUT2D eigenvalue weighted by molar-refractivity contribution is -0.144. The molecule has 1 aliphatic rings. The van der Waals surface area contributed by atoms with Gasteiger partial charge in [-0.25, -0.2) is 0 Å². The third-order valence-electron chi connectivity index (χ3n) is 4.01. The molecule has 0 amide bonds. The topological polar surface area (TPSA) is 79.5 Å². The molecule has 0 aliphatic carbocycles. The van der Waals surface area contributed by atoms with Gasteiger partial charge in [0.05, 0.1) is 0 Å². The molecule has 2 aromatic rings. The van der Waals surface area contributed by atoms with Crippen molar-refractivity contribution in [1.82, 2.24) is 15.0 Å². The Balaban J connectivity index is 0.00000192. The van der Waals surface area contributed by atoms with E-state index in [-0.39, 0.29) is 18.4 Å². The summed E-state index contributed by atoms with van der Waals surface area (Å²) in [5.74, 6) is 0.382. The number of aliphatic carboxylic acids is 1. The highest BCUT2D eigenvalue weighted by Crippen LogP contribution is 2.19. The van der Waals surface area contributed by atoms with Gasteiger partial charge in [0.2, 0.25) is 11.7 Å². The zero-order valence-electron chi connectivity index (χ0n) is 12.7. The van der Waals surface area contributed by atoms with E-state index >= 15 is 0 Å². The van der Waals surface area contributed by atoms with Crippen molar-refractivity contribution in [2.75, 3.05) is 13.1 Å². The van der Waals surface area contributed by atoms with Crippen molar-refractivity contribution < 1.29 is 14.4 Å². The van der Waals surface area contributed by atoms with Crippen LogP contribution in [-0.4, -0.2) is 45.2 Å². The monoisotopic (exact) mass is 337 g/mol. The molecule has 7 heteroatoms. The van der Waals surface area contributed by atoms with Gasteiger partial charge in [-0.2, -0.15) is 4.98 Å². The Morgan fingerprint density at radius 1 is 1.30 bits per heavy atom. The fourth-order valence-corrected chi connectivity index (χ4v) is 2.84. The molecule has 1 aromatic heterocycles. The molecule has 1 saturated heterocycles. The summed E-state index contributed by atoms with van der Waals surface area (Å²) < 4.78 is 5.27. The molecule has 1 fully saturated rings. The number of carbonyl (C=O) groups is 1. The van der Waals surface area contributed by atoms with Crippen molar-refractivity contribution in [3.05, 3.63) is 36.2 Å². The number of piperidine rings is 1. The number of halogens is 1. The molecule has 1 N–H and O–H groups in total. The SMILES string of the molecule is Cl.O=C(O)C1CCCCN1CCc1nc(-c2ccccc2)no1. The maximum absolute atomic E-state index is 11.3. The predicted molar refractivity (Wildman–Crippen MR) is 87.5 cm³/mol. The normalized spacial score (nSPS) is 18.3. The summed E-state index contributed by atoms with van der Waals surface area (Å²) in [5, 5.41) is 13.2. The molecule has 0 radical (unpaired) electrons. The second-order valence-electron chi connectivity index (χ2n) is 5.51. The third-order valence-corrected chi connectivity index (χ3v) is 4.01. The summed E-state index contributed by atoms with van der Waals surface area (Å²) in [7, 11) is 0. The lowest BCUT2D eigenvalue weighted by Crippen LogP contribution is -2.45. The second kappa shape index (κ2) is 8.08. The van der Waals surface area contributed by atoms with Gasteiger partial charge in [0.25, 0.3) is 0 Å². The van der Waals surface area contributed by atoms with Crippen molar-refractivity contribution >= 4 is 18.4 Å². The van der Waals surface area contributed by atoms with Crippen molar-refractivity contribution in [2.45, 2.75) is 31.7 Å². The van der Waals surface area contributed by atoms with E-state index in [1.807, 2.05) is 35.2 Å². The summed E-state index contributed by atoms with van der Waals surface area (Å²) in [5.41, 5.74) is 0.916. The Hall–Kier alpha value is -1.92. The quantitative estimate of drug-likeness (QED) is 0.903. The zero-order valence-corrected chi connectivity index (χ0v) is 13.5. The molecule has 124 valence electrons. The number of carboxylic acids is 1. The number of hydrogen-bond acceptors (Lipinski definition) is 5. The van der Waals surface area contributed by atoms with E-state index in [2.05, 4.69) is 10.1 Å². The maximum atomic E-state index is 11.3. The van der Waals surface area contributed by atoms with E-state index in [1.165, 1.54) is 0 Å². The molecule has 1 aromatic carbocycles. The molecule has 0 saturated carbocycles. The average Bonchev–Trinajstić information content (AvgIpc) is 3.03. The fraction of sp³-hybridized carbons (Fsp3) is 0.438. The molecule has 0 bridgehead atoms. The summed E-state index contributed by atoms with van der Waals surface area (Å²) >= 11 is 0. The Labute approximate surface area is 140 Å². The van der Waals surface area contributed by atoms with Crippen LogP contribution >= 0.6 is 12.4 Å². The van der Waals surface area contributed by atoms with Gasteiger partial charge in [-0.1, -0.05) is 41.9 Å². The highest BCUT2D eigenvalue weighted by Gasteiger charge is 2.28. The summed E-state index contributed by atoms with van der Waals surface area (Å²) in [6.07, 6.45) is 3.31. The Bertz CT molecular complexity index is 633. The molecule has 1 unspecified atom stereocenters. The standard InChI is InChI=1S/C16H19N3O3.ClH/c20-16(21)13-8-4-5-10-19(13)11-9-14-17-15(18-22-14)12-6-2-1-3-7-12;/h1-3,6-7,13H,4-5,8-11H2,(H,20,21);1H. The molecular formula is C16H20ClN3O3. The first-order valence-corrected chi connectivity index (χ1v) is 7.59. The number of aromatic nitrogens is 2. The lowest BCUT2D eigenvalue weighted by atomic mass is 10.0. The van der Waals surface area contributed by atoms with Crippen molar-refractivity contribution in [1.29, 1.82) is 0 Å². The largest absolute Gasteiger partial charge is 0.480 e. The van der Waals surface area contributed by atoms with Gasteiger partial charge >= 0.3 is 5.97 Å². The molecular weight excluding hydrogens is 318 g/mol. The van der Waals surface area contributed by atoms with Crippen LogP contribution in [-0.2, 0) is 11.2 Å². The molecule has 2 heterocycles. The van der Waals surface area contributed by atoms with E-state index in [9.17, 15) is 9.90 Å². The van der Waals surface area contributed by atoms with E-state index in [0.717, 1.165) is 24.9 Å². The Morgan fingerprint density at radius 2 is 2.09 bits per heavy atom. The van der Waals surface area contributed by atoms with Gasteiger partial charge in [-0.05, 0) is 19.4 Å². The van der Waals surface area contributed by atoms with Crippen LogP contribution in [0.2, 0.25) is 0 Å². The highest BCUT2D eigenvalue weighted by molar-refractivity contribution is 5.85.